The Morgan fingerprint density at radius 3 is 2.88 bits per heavy atom. The monoisotopic (exact) mass is 255 g/mol. The summed E-state index contributed by atoms with van der Waals surface area (Å²) in [5.41, 5.74) is 0.735. The van der Waals surface area contributed by atoms with Crippen LogP contribution in [0.3, 0.4) is 0 Å². The van der Waals surface area contributed by atoms with Crippen LogP contribution in [0.15, 0.2) is 23.1 Å². The quantitative estimate of drug-likeness (QED) is 0.848. The maximum absolute atomic E-state index is 12.2. The molecule has 0 radical (unpaired) electrons. The molecule has 2 unspecified atom stereocenters. The molecule has 0 bridgehead atoms. The predicted octanol–water partition coefficient (Wildman–Crippen LogP) is 1.09. The third-order valence-electron chi connectivity index (χ3n) is 3.35. The summed E-state index contributed by atoms with van der Waals surface area (Å²) in [5.74, 6) is 0.126. The normalized spacial score (nSPS) is 23.3. The molecule has 0 amide bonds. The van der Waals surface area contributed by atoms with Crippen LogP contribution >= 0.6 is 0 Å². The number of sulfone groups is 1. The zero-order valence-corrected chi connectivity index (χ0v) is 10.8. The minimum Gasteiger partial charge on any atom is -0.508 e. The average molecular weight is 255 g/mol. The van der Waals surface area contributed by atoms with Crippen molar-refractivity contribution in [3.63, 3.8) is 0 Å². The summed E-state index contributed by atoms with van der Waals surface area (Å²) in [4.78, 5) is 0.378. The minimum absolute atomic E-state index is 0.126. The van der Waals surface area contributed by atoms with E-state index in [0.717, 1.165) is 5.56 Å². The van der Waals surface area contributed by atoms with Crippen LogP contribution in [0.2, 0.25) is 0 Å². The van der Waals surface area contributed by atoms with E-state index in [2.05, 4.69) is 5.32 Å². The van der Waals surface area contributed by atoms with Gasteiger partial charge in [0.05, 0.1) is 10.1 Å². The molecule has 1 aromatic rings. The second-order valence-corrected chi connectivity index (χ2v) is 6.79. The number of benzene rings is 1. The molecule has 0 saturated carbocycles. The van der Waals surface area contributed by atoms with Crippen LogP contribution in [0, 0.1) is 0 Å². The highest BCUT2D eigenvalue weighted by Gasteiger charge is 2.37. The largest absolute Gasteiger partial charge is 0.508 e. The molecule has 2 rings (SSSR count). The minimum atomic E-state index is -3.22. The van der Waals surface area contributed by atoms with Crippen molar-refractivity contribution in [2.45, 2.75) is 36.0 Å². The zero-order valence-electron chi connectivity index (χ0n) is 9.97. The van der Waals surface area contributed by atoms with Gasteiger partial charge in [0.2, 0.25) is 0 Å². The lowest BCUT2D eigenvalue weighted by Gasteiger charge is -2.15. The van der Waals surface area contributed by atoms with Gasteiger partial charge in [-0.2, -0.15) is 0 Å². The van der Waals surface area contributed by atoms with Crippen LogP contribution in [0.5, 0.6) is 5.75 Å². The first-order valence-corrected chi connectivity index (χ1v) is 7.23. The van der Waals surface area contributed by atoms with Gasteiger partial charge in [-0.1, -0.05) is 0 Å². The molecule has 2 N–H and O–H groups in total. The van der Waals surface area contributed by atoms with E-state index in [0.29, 0.717) is 17.7 Å². The number of phenols is 1. The van der Waals surface area contributed by atoms with Gasteiger partial charge in [-0.15, -0.1) is 0 Å². The highest BCUT2D eigenvalue weighted by molar-refractivity contribution is 7.92. The lowest BCUT2D eigenvalue weighted by Crippen LogP contribution is -2.29. The SMILES string of the molecule is CNC(C)CC1Cc2cc(O)ccc2S1(=O)=O. The van der Waals surface area contributed by atoms with E-state index in [1.807, 2.05) is 14.0 Å². The molecule has 0 spiro atoms. The topological polar surface area (TPSA) is 66.4 Å². The number of phenolic OH excluding ortho intramolecular Hbond substituents is 1. The third-order valence-corrected chi connectivity index (χ3v) is 5.59. The Morgan fingerprint density at radius 2 is 2.24 bits per heavy atom. The summed E-state index contributed by atoms with van der Waals surface area (Å²) < 4.78 is 24.5. The molecule has 1 aliphatic heterocycles. The van der Waals surface area contributed by atoms with Crippen molar-refractivity contribution in [3.05, 3.63) is 23.8 Å². The summed E-state index contributed by atoms with van der Waals surface area (Å²) >= 11 is 0. The van der Waals surface area contributed by atoms with Gasteiger partial charge in [-0.3, -0.25) is 0 Å². The number of fused-ring (bicyclic) bond motifs is 1. The summed E-state index contributed by atoms with van der Waals surface area (Å²) in [5, 5.41) is 12.1. The summed E-state index contributed by atoms with van der Waals surface area (Å²) in [7, 11) is -1.39. The Kier molecular flexibility index (Phi) is 3.14. The van der Waals surface area contributed by atoms with E-state index in [4.69, 9.17) is 0 Å². The first-order valence-electron chi connectivity index (χ1n) is 5.68. The van der Waals surface area contributed by atoms with Crippen LogP contribution in [-0.4, -0.2) is 31.9 Å². The van der Waals surface area contributed by atoms with Crippen LogP contribution in [-0.2, 0) is 16.3 Å². The molecule has 1 aliphatic rings. The second-order valence-electron chi connectivity index (χ2n) is 4.59. The Labute approximate surface area is 102 Å². The van der Waals surface area contributed by atoms with Gasteiger partial charge >= 0.3 is 0 Å². The fourth-order valence-corrected chi connectivity index (χ4v) is 4.33. The van der Waals surface area contributed by atoms with Crippen LogP contribution in [0.25, 0.3) is 0 Å². The molecule has 0 aromatic heterocycles. The van der Waals surface area contributed by atoms with Crippen LogP contribution in [0.1, 0.15) is 18.9 Å². The van der Waals surface area contributed by atoms with Gasteiger partial charge in [0.15, 0.2) is 9.84 Å². The molecule has 94 valence electrons. The summed E-state index contributed by atoms with van der Waals surface area (Å²) in [6.45, 7) is 1.97. The van der Waals surface area contributed by atoms with E-state index >= 15 is 0 Å². The maximum Gasteiger partial charge on any atom is 0.181 e. The number of hydrogen-bond donors (Lipinski definition) is 2. The van der Waals surface area contributed by atoms with Crippen molar-refractivity contribution in [1.82, 2.24) is 5.32 Å². The van der Waals surface area contributed by atoms with Crippen molar-refractivity contribution in [2.24, 2.45) is 0 Å². The Bertz CT molecular complexity index is 525. The van der Waals surface area contributed by atoms with Crippen molar-refractivity contribution in [1.29, 1.82) is 0 Å². The fourth-order valence-electron chi connectivity index (χ4n) is 2.26. The van der Waals surface area contributed by atoms with Gasteiger partial charge in [0.25, 0.3) is 0 Å². The van der Waals surface area contributed by atoms with Crippen molar-refractivity contribution < 1.29 is 13.5 Å². The molecule has 5 heteroatoms. The number of nitrogens with one attached hydrogen (secondary N) is 1. The number of hydrogen-bond acceptors (Lipinski definition) is 4. The molecule has 17 heavy (non-hydrogen) atoms. The van der Waals surface area contributed by atoms with Crippen LogP contribution in [0.4, 0.5) is 0 Å². The molecule has 1 heterocycles. The molecule has 0 fully saturated rings. The van der Waals surface area contributed by atoms with E-state index in [-0.39, 0.29) is 17.0 Å². The molecular formula is C12H17NO3S. The standard InChI is InChI=1S/C12H17NO3S/c1-8(13-2)5-11-7-9-6-10(14)3-4-12(9)17(11,15)16/h3-4,6,8,11,13-14H,5,7H2,1-2H3. The van der Waals surface area contributed by atoms with Gasteiger partial charge in [-0.25, -0.2) is 8.42 Å². The van der Waals surface area contributed by atoms with Gasteiger partial charge in [0, 0.05) is 6.04 Å². The molecule has 2 atom stereocenters. The molecule has 0 saturated heterocycles. The Morgan fingerprint density at radius 1 is 1.53 bits per heavy atom. The molecule has 0 aliphatic carbocycles. The van der Waals surface area contributed by atoms with E-state index in [9.17, 15) is 13.5 Å². The molecule has 1 aromatic carbocycles. The first-order chi connectivity index (χ1) is 7.95. The highest BCUT2D eigenvalue weighted by atomic mass is 32.2. The number of rotatable bonds is 3. The van der Waals surface area contributed by atoms with Gasteiger partial charge in [-0.05, 0) is 50.6 Å². The molecular weight excluding hydrogens is 238 g/mol. The van der Waals surface area contributed by atoms with Crippen molar-refractivity contribution >= 4 is 9.84 Å². The van der Waals surface area contributed by atoms with Crippen molar-refractivity contribution in [3.8, 4) is 5.75 Å². The predicted molar refractivity (Wildman–Crippen MR) is 65.9 cm³/mol. The lowest BCUT2D eigenvalue weighted by atomic mass is 10.1. The van der Waals surface area contributed by atoms with Crippen LogP contribution < -0.4 is 5.32 Å². The Hall–Kier alpha value is -1.07. The van der Waals surface area contributed by atoms with Crippen molar-refractivity contribution in [2.75, 3.05) is 7.05 Å². The highest BCUT2D eigenvalue weighted by Crippen LogP contribution is 2.35. The third kappa shape index (κ3) is 2.17. The zero-order chi connectivity index (χ0) is 12.6. The first kappa shape index (κ1) is 12.4. The molecule has 4 nitrogen and oxygen atoms in total. The fraction of sp³-hybridized carbons (Fsp3) is 0.500. The number of aromatic hydroxyl groups is 1. The van der Waals surface area contributed by atoms with E-state index in [1.54, 1.807) is 6.07 Å². The summed E-state index contributed by atoms with van der Waals surface area (Å²) in [6, 6.07) is 4.65. The second kappa shape index (κ2) is 4.31. The lowest BCUT2D eigenvalue weighted by molar-refractivity contribution is 0.474. The average Bonchev–Trinajstić information content (AvgIpc) is 2.50. The van der Waals surface area contributed by atoms with E-state index in [1.165, 1.54) is 12.1 Å². The van der Waals surface area contributed by atoms with E-state index < -0.39 is 9.84 Å². The smallest absolute Gasteiger partial charge is 0.181 e. The Balaban J connectivity index is 2.33. The maximum atomic E-state index is 12.2. The van der Waals surface area contributed by atoms with Gasteiger partial charge in [0.1, 0.15) is 5.75 Å². The summed E-state index contributed by atoms with van der Waals surface area (Å²) in [6.07, 6.45) is 1.09. The van der Waals surface area contributed by atoms with Gasteiger partial charge < -0.3 is 10.4 Å².